The van der Waals surface area contributed by atoms with Gasteiger partial charge in [-0.1, -0.05) is 151 Å². The summed E-state index contributed by atoms with van der Waals surface area (Å²) >= 11 is 0. The van der Waals surface area contributed by atoms with E-state index in [1.165, 1.54) is 57.6 Å². The SMILES string of the molecule is CC(C)c1cc(-c2ccccc2)cc(C(C)C)c1-n1c(-c2[c-]ccc3c2oc2cc(-c4ccccc4)ccc23)nc2ccccc21.CC1(C)CCC(C)(C)c2nc(-c3[c-]cccc3)ncc21.[Ir]. The van der Waals surface area contributed by atoms with Crippen LogP contribution < -0.4 is 0 Å². The van der Waals surface area contributed by atoms with Gasteiger partial charge in [0.15, 0.2) is 0 Å². The Labute approximate surface area is 408 Å². The summed E-state index contributed by atoms with van der Waals surface area (Å²) in [5, 5.41) is 2.15. The van der Waals surface area contributed by atoms with Gasteiger partial charge in [-0.25, -0.2) is 0 Å². The molecule has 3 aromatic heterocycles. The number of benzene rings is 7. The second-order valence-corrected chi connectivity index (χ2v) is 19.7. The topological polar surface area (TPSA) is 56.7 Å². The minimum absolute atomic E-state index is 0. The Morgan fingerprint density at radius 3 is 1.91 bits per heavy atom. The van der Waals surface area contributed by atoms with E-state index in [-0.39, 0.29) is 42.8 Å². The molecule has 0 atom stereocenters. The van der Waals surface area contributed by atoms with Crippen molar-refractivity contribution in [3.8, 4) is 50.7 Å². The zero-order valence-electron chi connectivity index (χ0n) is 39.6. The maximum Gasteiger partial charge on any atom is 0.121 e. The van der Waals surface area contributed by atoms with Crippen molar-refractivity contribution in [1.29, 1.82) is 0 Å². The van der Waals surface area contributed by atoms with Gasteiger partial charge in [-0.2, -0.15) is 0 Å². The molecule has 5 nitrogen and oxygen atoms in total. The Hall–Kier alpha value is -6.46. The summed E-state index contributed by atoms with van der Waals surface area (Å²) in [6.45, 7) is 18.3. The predicted molar refractivity (Wildman–Crippen MR) is 273 cm³/mol. The van der Waals surface area contributed by atoms with Crippen LogP contribution in [0.15, 0.2) is 162 Å². The molecule has 0 unspecified atom stereocenters. The van der Waals surface area contributed by atoms with Crippen LogP contribution in [0.3, 0.4) is 0 Å². The zero-order valence-corrected chi connectivity index (χ0v) is 42.0. The van der Waals surface area contributed by atoms with Crippen molar-refractivity contribution in [3.63, 3.8) is 0 Å². The van der Waals surface area contributed by atoms with Crippen molar-refractivity contribution in [1.82, 2.24) is 19.5 Å². The average Bonchev–Trinajstić information content (AvgIpc) is 3.92. The molecule has 1 aliphatic rings. The third-order valence-electron chi connectivity index (χ3n) is 13.6. The van der Waals surface area contributed by atoms with Gasteiger partial charge in [0.2, 0.25) is 0 Å². The molecule has 67 heavy (non-hydrogen) atoms. The standard InChI is InChI=1S/C43H35N2O.C18H21N2.Ir/c1-27(2)36-24-32(30-16-9-6-10-17-30)25-37(28(3)4)41(36)45-39-21-12-11-20-38(39)44-43(45)35-19-13-18-34-33-23-22-31(26-40(33)46-42(34)35)29-14-7-5-8-15-29;1-17(2)10-11-18(3,4)15-14(17)12-19-16(20-15)13-8-6-5-7-9-13;/h5-18,20-28H,1-4H3;5-8,12H,10-11H2,1-4H3;/q2*-1;. The quantitative estimate of drug-likeness (QED) is 0.149. The van der Waals surface area contributed by atoms with Gasteiger partial charge in [-0.15, -0.1) is 54.1 Å². The maximum atomic E-state index is 6.73. The van der Waals surface area contributed by atoms with Gasteiger partial charge in [-0.3, -0.25) is 15.0 Å². The summed E-state index contributed by atoms with van der Waals surface area (Å²) in [6, 6.07) is 59.6. The van der Waals surface area contributed by atoms with Crippen LogP contribution in [0.1, 0.15) is 102 Å². The molecule has 0 aliphatic heterocycles. The molecule has 0 saturated carbocycles. The molecule has 7 aromatic carbocycles. The van der Waals surface area contributed by atoms with E-state index in [1.54, 1.807) is 0 Å². The summed E-state index contributed by atoms with van der Waals surface area (Å²) in [5.41, 5.74) is 16.8. The second-order valence-electron chi connectivity index (χ2n) is 19.7. The molecule has 0 bridgehead atoms. The van der Waals surface area contributed by atoms with E-state index in [2.05, 4.69) is 192 Å². The van der Waals surface area contributed by atoms with Crippen molar-refractivity contribution in [2.45, 2.75) is 90.9 Å². The zero-order chi connectivity index (χ0) is 45.7. The molecule has 0 saturated heterocycles. The van der Waals surface area contributed by atoms with Crippen LogP contribution in [0.4, 0.5) is 0 Å². The van der Waals surface area contributed by atoms with Crippen molar-refractivity contribution < 1.29 is 24.5 Å². The average molecular weight is 1050 g/mol. The monoisotopic (exact) mass is 1050 g/mol. The third kappa shape index (κ3) is 8.58. The first-order chi connectivity index (χ1) is 31.9. The molecule has 1 radical (unpaired) electrons. The number of para-hydroxylation sites is 2. The summed E-state index contributed by atoms with van der Waals surface area (Å²) in [5.74, 6) is 2.20. The van der Waals surface area contributed by atoms with Gasteiger partial charge in [0.25, 0.3) is 0 Å². The van der Waals surface area contributed by atoms with Gasteiger partial charge >= 0.3 is 0 Å². The largest absolute Gasteiger partial charge is 0.501 e. The van der Waals surface area contributed by atoms with E-state index < -0.39 is 0 Å². The van der Waals surface area contributed by atoms with Gasteiger partial charge in [0.05, 0.1) is 28.3 Å². The van der Waals surface area contributed by atoms with Crippen molar-refractivity contribution in [2.24, 2.45) is 0 Å². The van der Waals surface area contributed by atoms with Crippen LogP contribution in [0.25, 0.3) is 83.7 Å². The molecule has 1 aliphatic carbocycles. The van der Waals surface area contributed by atoms with Crippen LogP contribution in [0.2, 0.25) is 0 Å². The fourth-order valence-corrected chi connectivity index (χ4v) is 9.69. The molecule has 6 heteroatoms. The number of aromatic nitrogens is 4. The number of hydrogen-bond donors (Lipinski definition) is 0. The molecule has 10 aromatic rings. The van der Waals surface area contributed by atoms with E-state index >= 15 is 0 Å². The number of rotatable bonds is 7. The Morgan fingerprint density at radius 2 is 1.24 bits per heavy atom. The molecule has 3 heterocycles. The molecule has 0 amide bonds. The van der Waals surface area contributed by atoms with E-state index in [9.17, 15) is 0 Å². The molecule has 0 fully saturated rings. The molecule has 337 valence electrons. The molecular formula is C61H56IrN4O-2. The van der Waals surface area contributed by atoms with Crippen LogP contribution >= 0.6 is 0 Å². The van der Waals surface area contributed by atoms with Crippen LogP contribution in [0.5, 0.6) is 0 Å². The molecule has 11 rings (SSSR count). The van der Waals surface area contributed by atoms with Crippen LogP contribution in [-0.4, -0.2) is 19.5 Å². The summed E-state index contributed by atoms with van der Waals surface area (Å²) < 4.78 is 9.10. The minimum Gasteiger partial charge on any atom is -0.501 e. The Bertz CT molecular complexity index is 3340. The Morgan fingerprint density at radius 1 is 0.597 bits per heavy atom. The number of fused-ring (bicyclic) bond motifs is 5. The van der Waals surface area contributed by atoms with Crippen LogP contribution in [0, 0.1) is 12.1 Å². The summed E-state index contributed by atoms with van der Waals surface area (Å²) in [7, 11) is 0. The van der Waals surface area contributed by atoms with E-state index in [0.29, 0.717) is 0 Å². The summed E-state index contributed by atoms with van der Waals surface area (Å²) in [6.07, 6.45) is 4.38. The Kier molecular flexibility index (Phi) is 12.5. The molecule has 0 N–H and O–H groups in total. The number of hydrogen-bond acceptors (Lipinski definition) is 4. The van der Waals surface area contributed by atoms with Crippen LogP contribution in [-0.2, 0) is 30.9 Å². The van der Waals surface area contributed by atoms with E-state index in [1.807, 2.05) is 42.6 Å². The minimum atomic E-state index is 0. The second kappa shape index (κ2) is 18.3. The number of nitrogens with zero attached hydrogens (tertiary/aromatic N) is 4. The summed E-state index contributed by atoms with van der Waals surface area (Å²) in [4.78, 5) is 14.8. The Balaban J connectivity index is 0.000000224. The maximum absolute atomic E-state index is 6.73. The van der Waals surface area contributed by atoms with Crippen molar-refractivity contribution >= 4 is 33.0 Å². The number of imidazole rings is 1. The van der Waals surface area contributed by atoms with E-state index in [4.69, 9.17) is 14.4 Å². The number of furan rings is 1. The van der Waals surface area contributed by atoms with Gasteiger partial charge in [-0.05, 0) is 99.4 Å². The molecule has 0 spiro atoms. The predicted octanol–water partition coefficient (Wildman–Crippen LogP) is 16.3. The fourth-order valence-electron chi connectivity index (χ4n) is 9.69. The van der Waals surface area contributed by atoms with Gasteiger partial charge in [0, 0.05) is 48.5 Å². The first kappa shape index (κ1) is 45.7. The first-order valence-electron chi connectivity index (χ1n) is 23.4. The fraction of sp³-hybridized carbons (Fsp3) is 0.230. The van der Waals surface area contributed by atoms with Gasteiger partial charge < -0.3 is 8.98 Å². The van der Waals surface area contributed by atoms with Crippen molar-refractivity contribution in [2.75, 3.05) is 0 Å². The normalized spacial score (nSPS) is 13.9. The molecular weight excluding hydrogens is 997 g/mol. The van der Waals surface area contributed by atoms with Gasteiger partial charge in [0.1, 0.15) is 5.58 Å². The van der Waals surface area contributed by atoms with E-state index in [0.717, 1.165) is 61.3 Å². The van der Waals surface area contributed by atoms with Crippen molar-refractivity contribution in [3.05, 3.63) is 192 Å². The third-order valence-corrected chi connectivity index (χ3v) is 13.6. The first-order valence-corrected chi connectivity index (χ1v) is 23.4. The smallest absolute Gasteiger partial charge is 0.121 e.